The van der Waals surface area contributed by atoms with Gasteiger partial charge in [0, 0.05) is 5.56 Å². The third-order valence-electron chi connectivity index (χ3n) is 2.74. The first-order chi connectivity index (χ1) is 10.0. The van der Waals surface area contributed by atoms with Crippen LogP contribution in [-0.4, -0.2) is 11.1 Å². The smallest absolute Gasteiger partial charge is 0.335 e. The number of rotatable bonds is 4. The van der Waals surface area contributed by atoms with E-state index < -0.39 is 11.8 Å². The van der Waals surface area contributed by atoms with Crippen molar-refractivity contribution in [2.45, 2.75) is 6.61 Å². The fraction of sp³-hybridized carbons (Fsp3) is 0.0667. The highest BCUT2D eigenvalue weighted by Gasteiger charge is 2.09. The van der Waals surface area contributed by atoms with E-state index in [9.17, 15) is 9.18 Å². The van der Waals surface area contributed by atoms with Crippen LogP contribution in [0.5, 0.6) is 5.75 Å². The van der Waals surface area contributed by atoms with Crippen LogP contribution in [0, 0.1) is 17.1 Å². The molecule has 0 saturated carbocycles. The van der Waals surface area contributed by atoms with E-state index in [0.717, 1.165) is 0 Å². The lowest BCUT2D eigenvalue weighted by molar-refractivity contribution is 0.0696. The maximum absolute atomic E-state index is 13.6. The summed E-state index contributed by atoms with van der Waals surface area (Å²) < 4.78 is 19.5. The van der Waals surface area contributed by atoms with Gasteiger partial charge in [0.05, 0.1) is 21.7 Å². The molecule has 2 aromatic rings. The standard InChI is InChI=1S/C15H9BrFNO3/c16-12-6-10(15(19)20)2-4-14(12)21-8-11-5-9(7-18)1-3-13(11)17/h1-6H,8H2,(H,19,20). The quantitative estimate of drug-likeness (QED) is 0.912. The summed E-state index contributed by atoms with van der Waals surface area (Å²) in [6, 6.07) is 10.2. The van der Waals surface area contributed by atoms with Crippen LogP contribution in [-0.2, 0) is 6.61 Å². The Balaban J connectivity index is 2.17. The summed E-state index contributed by atoms with van der Waals surface area (Å²) in [4.78, 5) is 10.8. The fourth-order valence-corrected chi connectivity index (χ4v) is 2.15. The molecule has 0 aliphatic carbocycles. The molecular formula is C15H9BrFNO3. The monoisotopic (exact) mass is 349 g/mol. The van der Waals surface area contributed by atoms with Gasteiger partial charge in [-0.25, -0.2) is 9.18 Å². The van der Waals surface area contributed by atoms with Gasteiger partial charge in [0.2, 0.25) is 0 Å². The maximum atomic E-state index is 13.6. The Labute approximate surface area is 128 Å². The van der Waals surface area contributed by atoms with Crippen LogP contribution in [0.3, 0.4) is 0 Å². The second-order valence-corrected chi connectivity index (χ2v) is 5.01. The Morgan fingerprint density at radius 1 is 1.33 bits per heavy atom. The molecule has 21 heavy (non-hydrogen) atoms. The van der Waals surface area contributed by atoms with Gasteiger partial charge in [-0.05, 0) is 52.3 Å². The van der Waals surface area contributed by atoms with E-state index in [-0.39, 0.29) is 17.7 Å². The largest absolute Gasteiger partial charge is 0.488 e. The number of nitrogens with zero attached hydrogens (tertiary/aromatic N) is 1. The van der Waals surface area contributed by atoms with E-state index in [1.165, 1.54) is 36.4 Å². The summed E-state index contributed by atoms with van der Waals surface area (Å²) in [5, 5.41) is 17.6. The average molecular weight is 350 g/mol. The van der Waals surface area contributed by atoms with Crippen LogP contribution in [0.4, 0.5) is 4.39 Å². The van der Waals surface area contributed by atoms with Gasteiger partial charge in [0.15, 0.2) is 0 Å². The number of nitriles is 1. The van der Waals surface area contributed by atoms with Crippen molar-refractivity contribution in [2.24, 2.45) is 0 Å². The number of aromatic carboxylic acids is 1. The molecule has 0 aliphatic rings. The van der Waals surface area contributed by atoms with Crippen LogP contribution in [0.25, 0.3) is 0 Å². The maximum Gasteiger partial charge on any atom is 0.335 e. The SMILES string of the molecule is N#Cc1ccc(F)c(COc2ccc(C(=O)O)cc2Br)c1. The Bertz CT molecular complexity index is 740. The predicted octanol–water partition coefficient (Wildman–Crippen LogP) is 3.74. The molecule has 0 unspecified atom stereocenters. The Kier molecular flexibility index (Phi) is 4.55. The zero-order valence-electron chi connectivity index (χ0n) is 10.6. The third-order valence-corrected chi connectivity index (χ3v) is 3.36. The molecule has 6 heteroatoms. The summed E-state index contributed by atoms with van der Waals surface area (Å²) in [6.07, 6.45) is 0. The van der Waals surface area contributed by atoms with Crippen molar-refractivity contribution >= 4 is 21.9 Å². The lowest BCUT2D eigenvalue weighted by Crippen LogP contribution is -2.01. The number of halogens is 2. The predicted molar refractivity (Wildman–Crippen MR) is 76.5 cm³/mol. The van der Waals surface area contributed by atoms with E-state index >= 15 is 0 Å². The summed E-state index contributed by atoms with van der Waals surface area (Å²) in [5.74, 6) is -1.12. The van der Waals surface area contributed by atoms with Gasteiger partial charge in [-0.15, -0.1) is 0 Å². The van der Waals surface area contributed by atoms with Crippen LogP contribution in [0.15, 0.2) is 40.9 Å². The van der Waals surface area contributed by atoms with Gasteiger partial charge in [0.25, 0.3) is 0 Å². The molecule has 0 heterocycles. The molecule has 0 radical (unpaired) electrons. The minimum atomic E-state index is -1.05. The van der Waals surface area contributed by atoms with E-state index in [4.69, 9.17) is 15.1 Å². The van der Waals surface area contributed by atoms with Crippen LogP contribution >= 0.6 is 15.9 Å². The average Bonchev–Trinajstić information content (AvgIpc) is 2.47. The van der Waals surface area contributed by atoms with Gasteiger partial charge >= 0.3 is 5.97 Å². The summed E-state index contributed by atoms with van der Waals surface area (Å²) >= 11 is 3.20. The van der Waals surface area contributed by atoms with E-state index in [2.05, 4.69) is 15.9 Å². The summed E-state index contributed by atoms with van der Waals surface area (Å²) in [5.41, 5.74) is 0.713. The molecule has 0 saturated heterocycles. The number of carboxylic acid groups (broad SMARTS) is 1. The first-order valence-electron chi connectivity index (χ1n) is 5.85. The molecule has 0 spiro atoms. The van der Waals surface area contributed by atoms with E-state index in [1.54, 1.807) is 0 Å². The minimum Gasteiger partial charge on any atom is -0.488 e. The van der Waals surface area contributed by atoms with Crippen LogP contribution in [0.1, 0.15) is 21.5 Å². The Morgan fingerprint density at radius 3 is 2.71 bits per heavy atom. The topological polar surface area (TPSA) is 70.3 Å². The number of carboxylic acids is 1. The van der Waals surface area contributed by atoms with E-state index in [0.29, 0.717) is 15.8 Å². The molecule has 1 N–H and O–H groups in total. The first kappa shape index (κ1) is 15.0. The molecule has 0 aromatic heterocycles. The molecule has 0 aliphatic heterocycles. The lowest BCUT2D eigenvalue weighted by atomic mass is 10.1. The van der Waals surface area contributed by atoms with Crippen molar-refractivity contribution in [3.63, 3.8) is 0 Å². The van der Waals surface area contributed by atoms with Crippen molar-refractivity contribution in [2.75, 3.05) is 0 Å². The normalized spacial score (nSPS) is 9.95. The van der Waals surface area contributed by atoms with Gasteiger partial charge in [-0.2, -0.15) is 5.26 Å². The molecule has 4 nitrogen and oxygen atoms in total. The highest BCUT2D eigenvalue weighted by Crippen LogP contribution is 2.27. The first-order valence-corrected chi connectivity index (χ1v) is 6.64. The van der Waals surface area contributed by atoms with Gasteiger partial charge in [-0.1, -0.05) is 0 Å². The molecule has 2 rings (SSSR count). The number of ether oxygens (including phenoxy) is 1. The molecule has 106 valence electrons. The molecule has 0 atom stereocenters. The molecule has 0 fully saturated rings. The highest BCUT2D eigenvalue weighted by atomic mass is 79.9. The van der Waals surface area contributed by atoms with Crippen molar-refractivity contribution in [1.29, 1.82) is 5.26 Å². The van der Waals surface area contributed by atoms with Gasteiger partial charge < -0.3 is 9.84 Å². The molecule has 2 aromatic carbocycles. The van der Waals surface area contributed by atoms with Crippen molar-refractivity contribution in [1.82, 2.24) is 0 Å². The summed E-state index contributed by atoms with van der Waals surface area (Å²) in [7, 11) is 0. The third kappa shape index (κ3) is 3.58. The number of carbonyl (C=O) groups is 1. The summed E-state index contributed by atoms with van der Waals surface area (Å²) in [6.45, 7) is -0.0631. The fourth-order valence-electron chi connectivity index (χ4n) is 1.66. The van der Waals surface area contributed by atoms with Gasteiger partial charge in [-0.3, -0.25) is 0 Å². The van der Waals surface area contributed by atoms with Crippen LogP contribution < -0.4 is 4.74 Å². The minimum absolute atomic E-state index is 0.0631. The van der Waals surface area contributed by atoms with Crippen molar-refractivity contribution < 1.29 is 19.0 Å². The number of hydrogen-bond donors (Lipinski definition) is 1. The highest BCUT2D eigenvalue weighted by molar-refractivity contribution is 9.10. The zero-order chi connectivity index (χ0) is 15.4. The molecule has 0 bridgehead atoms. The molecular weight excluding hydrogens is 341 g/mol. The van der Waals surface area contributed by atoms with Crippen molar-refractivity contribution in [3.05, 3.63) is 63.4 Å². The Hall–Kier alpha value is -2.39. The van der Waals surface area contributed by atoms with Crippen LogP contribution in [0.2, 0.25) is 0 Å². The zero-order valence-corrected chi connectivity index (χ0v) is 12.2. The van der Waals surface area contributed by atoms with E-state index in [1.807, 2.05) is 6.07 Å². The second kappa shape index (κ2) is 6.37. The molecule has 0 amide bonds. The van der Waals surface area contributed by atoms with Gasteiger partial charge in [0.1, 0.15) is 18.2 Å². The van der Waals surface area contributed by atoms with Crippen molar-refractivity contribution in [3.8, 4) is 11.8 Å². The second-order valence-electron chi connectivity index (χ2n) is 4.16. The Morgan fingerprint density at radius 2 is 2.10 bits per heavy atom. The number of benzene rings is 2. The number of hydrogen-bond acceptors (Lipinski definition) is 3. The lowest BCUT2D eigenvalue weighted by Gasteiger charge is -2.09.